The molecule has 1 N–H and O–H groups in total. The highest BCUT2D eigenvalue weighted by atomic mass is 16.6. The first-order valence-corrected chi connectivity index (χ1v) is 6.76. The van der Waals surface area contributed by atoms with Gasteiger partial charge in [-0.15, -0.1) is 0 Å². The van der Waals surface area contributed by atoms with Gasteiger partial charge in [-0.3, -0.25) is 0 Å². The predicted molar refractivity (Wildman–Crippen MR) is 74.8 cm³/mol. The largest absolute Gasteiger partial charge is 0.445 e. The molecule has 4 heteroatoms. The van der Waals surface area contributed by atoms with Crippen molar-refractivity contribution in [3.63, 3.8) is 0 Å². The Labute approximate surface area is 115 Å². The molecular weight excluding hydrogens is 242 g/mol. The van der Waals surface area contributed by atoms with Gasteiger partial charge in [0.25, 0.3) is 0 Å². The van der Waals surface area contributed by atoms with E-state index in [-0.39, 0.29) is 12.7 Å². The number of rotatable bonds is 8. The zero-order valence-electron chi connectivity index (χ0n) is 11.5. The van der Waals surface area contributed by atoms with Gasteiger partial charge in [-0.2, -0.15) is 0 Å². The number of hydrogen-bond acceptors (Lipinski definition) is 3. The molecule has 0 spiro atoms. The third kappa shape index (κ3) is 6.82. The zero-order chi connectivity index (χ0) is 13.9. The Bertz CT molecular complexity index is 354. The van der Waals surface area contributed by atoms with Gasteiger partial charge in [0.05, 0.1) is 0 Å². The average Bonchev–Trinajstić information content (AvgIpc) is 2.45. The van der Waals surface area contributed by atoms with Crippen LogP contribution in [0, 0.1) is 0 Å². The molecule has 0 fully saturated rings. The molecule has 0 saturated carbocycles. The third-order valence-electron chi connectivity index (χ3n) is 2.92. The van der Waals surface area contributed by atoms with E-state index in [1.807, 2.05) is 30.3 Å². The van der Waals surface area contributed by atoms with Gasteiger partial charge in [0.15, 0.2) is 0 Å². The van der Waals surface area contributed by atoms with E-state index >= 15 is 0 Å². The number of carbonyl (C=O) groups excluding carboxylic acids is 1. The standard InChI is InChI=1S/C15H23NO3/c1-16(11-7-2-3-8-12-17)15(18)19-13-14-9-5-4-6-10-14/h4-6,9-10,17H,2-3,7-8,11-13H2,1H3. The highest BCUT2D eigenvalue weighted by Crippen LogP contribution is 2.04. The van der Waals surface area contributed by atoms with Crippen LogP contribution in [0.15, 0.2) is 30.3 Å². The second-order valence-corrected chi connectivity index (χ2v) is 4.60. The van der Waals surface area contributed by atoms with Crippen molar-refractivity contribution in [2.75, 3.05) is 20.2 Å². The van der Waals surface area contributed by atoms with Crippen LogP contribution in [0.1, 0.15) is 31.2 Å². The van der Waals surface area contributed by atoms with E-state index in [1.54, 1.807) is 11.9 Å². The third-order valence-corrected chi connectivity index (χ3v) is 2.92. The van der Waals surface area contributed by atoms with Crippen molar-refractivity contribution in [1.82, 2.24) is 4.90 Å². The van der Waals surface area contributed by atoms with Gasteiger partial charge in [-0.05, 0) is 18.4 Å². The number of unbranched alkanes of at least 4 members (excludes halogenated alkanes) is 3. The van der Waals surface area contributed by atoms with Crippen molar-refractivity contribution in [1.29, 1.82) is 0 Å². The number of nitrogens with zero attached hydrogens (tertiary/aromatic N) is 1. The van der Waals surface area contributed by atoms with Crippen LogP contribution in [0.4, 0.5) is 4.79 Å². The number of ether oxygens (including phenoxy) is 1. The van der Waals surface area contributed by atoms with Crippen LogP contribution < -0.4 is 0 Å². The number of amides is 1. The minimum Gasteiger partial charge on any atom is -0.445 e. The van der Waals surface area contributed by atoms with E-state index in [1.165, 1.54) is 0 Å². The number of benzene rings is 1. The fourth-order valence-corrected chi connectivity index (χ4v) is 1.74. The van der Waals surface area contributed by atoms with Gasteiger partial charge in [0.2, 0.25) is 0 Å². The van der Waals surface area contributed by atoms with Crippen molar-refractivity contribution < 1.29 is 14.6 Å². The molecule has 1 rings (SSSR count). The maximum atomic E-state index is 11.7. The normalized spacial score (nSPS) is 10.2. The Balaban J connectivity index is 2.14. The molecule has 0 bridgehead atoms. The van der Waals surface area contributed by atoms with Crippen LogP contribution in [0.5, 0.6) is 0 Å². The molecule has 0 aliphatic heterocycles. The van der Waals surface area contributed by atoms with Crippen LogP contribution in [0.25, 0.3) is 0 Å². The molecule has 0 aliphatic carbocycles. The number of carbonyl (C=O) groups is 1. The Morgan fingerprint density at radius 1 is 1.16 bits per heavy atom. The Morgan fingerprint density at radius 3 is 2.53 bits per heavy atom. The first-order chi connectivity index (χ1) is 9.24. The first-order valence-electron chi connectivity index (χ1n) is 6.76. The lowest BCUT2D eigenvalue weighted by Crippen LogP contribution is -2.28. The van der Waals surface area contributed by atoms with Crippen LogP contribution in [0.2, 0.25) is 0 Å². The summed E-state index contributed by atoms with van der Waals surface area (Å²) in [6.45, 7) is 1.25. The molecular formula is C15H23NO3. The van der Waals surface area contributed by atoms with Crippen molar-refractivity contribution >= 4 is 6.09 Å². The summed E-state index contributed by atoms with van der Waals surface area (Å²) in [5, 5.41) is 8.66. The molecule has 0 heterocycles. The van der Waals surface area contributed by atoms with E-state index < -0.39 is 0 Å². The molecule has 19 heavy (non-hydrogen) atoms. The molecule has 0 aliphatic rings. The lowest BCUT2D eigenvalue weighted by molar-refractivity contribution is 0.104. The van der Waals surface area contributed by atoms with Gasteiger partial charge < -0.3 is 14.7 Å². The Hall–Kier alpha value is -1.55. The summed E-state index contributed by atoms with van der Waals surface area (Å²) in [5.74, 6) is 0. The van der Waals surface area contributed by atoms with Crippen molar-refractivity contribution in [3.8, 4) is 0 Å². The van der Waals surface area contributed by atoms with Gasteiger partial charge >= 0.3 is 6.09 Å². The predicted octanol–water partition coefficient (Wildman–Crippen LogP) is 2.81. The van der Waals surface area contributed by atoms with Gasteiger partial charge in [0.1, 0.15) is 6.61 Å². The van der Waals surface area contributed by atoms with Crippen molar-refractivity contribution in [3.05, 3.63) is 35.9 Å². The van der Waals surface area contributed by atoms with Crippen LogP contribution in [-0.4, -0.2) is 36.3 Å². The van der Waals surface area contributed by atoms with Crippen molar-refractivity contribution in [2.45, 2.75) is 32.3 Å². The summed E-state index contributed by atoms with van der Waals surface area (Å²) < 4.78 is 5.22. The lowest BCUT2D eigenvalue weighted by Gasteiger charge is -2.16. The Kier molecular flexibility index (Phi) is 7.66. The SMILES string of the molecule is CN(CCCCCCO)C(=O)OCc1ccccc1. The summed E-state index contributed by atoms with van der Waals surface area (Å²) in [5.41, 5.74) is 0.993. The average molecular weight is 265 g/mol. The molecule has 0 unspecified atom stereocenters. The smallest absolute Gasteiger partial charge is 0.409 e. The topological polar surface area (TPSA) is 49.8 Å². The summed E-state index contributed by atoms with van der Waals surface area (Å²) in [4.78, 5) is 13.3. The highest BCUT2D eigenvalue weighted by Gasteiger charge is 2.09. The van der Waals surface area contributed by atoms with Crippen molar-refractivity contribution in [2.24, 2.45) is 0 Å². The number of aliphatic hydroxyl groups excluding tert-OH is 1. The lowest BCUT2D eigenvalue weighted by atomic mass is 10.2. The first kappa shape index (κ1) is 15.5. The van der Waals surface area contributed by atoms with Gasteiger partial charge in [-0.1, -0.05) is 43.2 Å². The second kappa shape index (κ2) is 9.39. The molecule has 4 nitrogen and oxygen atoms in total. The molecule has 0 radical (unpaired) electrons. The monoisotopic (exact) mass is 265 g/mol. The molecule has 1 amide bonds. The second-order valence-electron chi connectivity index (χ2n) is 4.60. The van der Waals surface area contributed by atoms with E-state index in [2.05, 4.69) is 0 Å². The number of hydrogen-bond donors (Lipinski definition) is 1. The number of aliphatic hydroxyl groups is 1. The van der Waals surface area contributed by atoms with E-state index in [0.29, 0.717) is 13.2 Å². The van der Waals surface area contributed by atoms with Crippen LogP contribution in [-0.2, 0) is 11.3 Å². The molecule has 0 atom stereocenters. The van der Waals surface area contributed by atoms with E-state index in [9.17, 15) is 4.79 Å². The summed E-state index contributed by atoms with van der Waals surface area (Å²) >= 11 is 0. The molecule has 0 saturated heterocycles. The maximum absolute atomic E-state index is 11.7. The van der Waals surface area contributed by atoms with E-state index in [0.717, 1.165) is 31.2 Å². The molecule has 1 aromatic rings. The fraction of sp³-hybridized carbons (Fsp3) is 0.533. The molecule has 106 valence electrons. The zero-order valence-corrected chi connectivity index (χ0v) is 11.5. The summed E-state index contributed by atoms with van der Waals surface area (Å²) in [7, 11) is 1.75. The van der Waals surface area contributed by atoms with E-state index in [4.69, 9.17) is 9.84 Å². The minimum absolute atomic E-state index is 0.245. The van der Waals surface area contributed by atoms with Crippen LogP contribution >= 0.6 is 0 Å². The molecule has 1 aromatic carbocycles. The molecule has 0 aromatic heterocycles. The maximum Gasteiger partial charge on any atom is 0.409 e. The fourth-order valence-electron chi connectivity index (χ4n) is 1.74. The Morgan fingerprint density at radius 2 is 1.84 bits per heavy atom. The minimum atomic E-state index is -0.286. The quantitative estimate of drug-likeness (QED) is 0.735. The summed E-state index contributed by atoms with van der Waals surface area (Å²) in [6.07, 6.45) is 3.52. The highest BCUT2D eigenvalue weighted by molar-refractivity contribution is 5.67. The van der Waals surface area contributed by atoms with Gasteiger partial charge in [0, 0.05) is 20.2 Å². The van der Waals surface area contributed by atoms with Crippen LogP contribution in [0.3, 0.4) is 0 Å². The van der Waals surface area contributed by atoms with Gasteiger partial charge in [-0.25, -0.2) is 4.79 Å². The summed E-state index contributed by atoms with van der Waals surface area (Å²) in [6, 6.07) is 9.65.